The Morgan fingerprint density at radius 2 is 1.89 bits per heavy atom. The highest BCUT2D eigenvalue weighted by Gasteiger charge is 2.08. The summed E-state index contributed by atoms with van der Waals surface area (Å²) < 4.78 is 5.02. The Morgan fingerprint density at radius 1 is 1.16 bits per heavy atom. The van der Waals surface area contributed by atoms with Crippen LogP contribution in [0.3, 0.4) is 0 Å². The van der Waals surface area contributed by atoms with Crippen molar-refractivity contribution in [3.8, 4) is 11.5 Å². The molecule has 0 heterocycles. The molecule has 0 spiro atoms. The molecule has 0 aliphatic rings. The van der Waals surface area contributed by atoms with Gasteiger partial charge in [-0.1, -0.05) is 30.3 Å². The zero-order valence-corrected chi connectivity index (χ0v) is 10.5. The molecule has 0 fully saturated rings. The number of phenols is 1. The Morgan fingerprint density at radius 3 is 2.47 bits per heavy atom. The third-order valence-electron chi connectivity index (χ3n) is 2.73. The van der Waals surface area contributed by atoms with Crippen LogP contribution in [0.15, 0.2) is 48.5 Å². The summed E-state index contributed by atoms with van der Waals surface area (Å²) in [5.74, 6) is 0.585. The van der Waals surface area contributed by atoms with E-state index in [4.69, 9.17) is 4.74 Å². The minimum absolute atomic E-state index is 0.0306. The molecule has 0 saturated carbocycles. The number of phenolic OH excluding ortho intramolecular Hbond substituents is 1. The number of hydroxylamine groups is 1. The monoisotopic (exact) mass is 257 g/mol. The average Bonchev–Trinajstić information content (AvgIpc) is 2.46. The lowest BCUT2D eigenvalue weighted by Crippen LogP contribution is -2.05. The Balaban J connectivity index is 2.40. The molecule has 0 radical (unpaired) electrons. The van der Waals surface area contributed by atoms with Crippen molar-refractivity contribution in [2.75, 3.05) is 7.11 Å². The van der Waals surface area contributed by atoms with Crippen molar-refractivity contribution in [3.63, 3.8) is 0 Å². The molecular weight excluding hydrogens is 242 g/mol. The van der Waals surface area contributed by atoms with Crippen LogP contribution in [0.2, 0.25) is 0 Å². The summed E-state index contributed by atoms with van der Waals surface area (Å²) in [6.07, 6.45) is 1.74. The van der Waals surface area contributed by atoms with Gasteiger partial charge < -0.3 is 9.84 Å². The van der Waals surface area contributed by atoms with Crippen molar-refractivity contribution < 1.29 is 15.1 Å². The number of hydrogen-bond donors (Lipinski definition) is 3. The lowest BCUT2D eigenvalue weighted by atomic mass is 10.1. The predicted molar refractivity (Wildman–Crippen MR) is 73.9 cm³/mol. The standard InChI is InChI=1S/C15H15NO3/c1-19-12-7-8-13(15(17)10-12)14(16-18)9-11-5-3-2-4-6-11/h2-10,16-18H,1H3. The molecule has 4 nitrogen and oxygen atoms in total. The van der Waals surface area contributed by atoms with E-state index in [0.29, 0.717) is 17.0 Å². The molecule has 0 aliphatic carbocycles. The molecule has 0 aliphatic heterocycles. The van der Waals surface area contributed by atoms with Gasteiger partial charge in [0.1, 0.15) is 11.5 Å². The lowest BCUT2D eigenvalue weighted by Gasteiger charge is -2.10. The average molecular weight is 257 g/mol. The Hall–Kier alpha value is -2.46. The van der Waals surface area contributed by atoms with E-state index in [1.807, 2.05) is 30.3 Å². The second-order valence-corrected chi connectivity index (χ2v) is 3.96. The summed E-state index contributed by atoms with van der Waals surface area (Å²) in [6.45, 7) is 0. The maximum atomic E-state index is 9.93. The van der Waals surface area contributed by atoms with E-state index in [2.05, 4.69) is 5.48 Å². The van der Waals surface area contributed by atoms with E-state index in [9.17, 15) is 10.3 Å². The number of rotatable bonds is 4. The van der Waals surface area contributed by atoms with Crippen molar-refractivity contribution in [1.82, 2.24) is 5.48 Å². The molecule has 4 heteroatoms. The topological polar surface area (TPSA) is 61.7 Å². The number of ether oxygens (including phenoxy) is 1. The molecule has 0 unspecified atom stereocenters. The first-order valence-corrected chi connectivity index (χ1v) is 5.79. The number of aromatic hydroxyl groups is 1. The van der Waals surface area contributed by atoms with E-state index in [1.54, 1.807) is 18.2 Å². The highest BCUT2D eigenvalue weighted by Crippen LogP contribution is 2.28. The third-order valence-corrected chi connectivity index (χ3v) is 2.73. The van der Waals surface area contributed by atoms with Crippen molar-refractivity contribution in [2.45, 2.75) is 0 Å². The number of methoxy groups -OCH3 is 1. The van der Waals surface area contributed by atoms with Crippen LogP contribution in [0.4, 0.5) is 0 Å². The van der Waals surface area contributed by atoms with Crippen LogP contribution >= 0.6 is 0 Å². The minimum Gasteiger partial charge on any atom is -0.507 e. The fourth-order valence-corrected chi connectivity index (χ4v) is 1.75. The Labute approximate surface area is 111 Å². The number of nitrogens with one attached hydrogen (secondary N) is 1. The van der Waals surface area contributed by atoms with Crippen molar-refractivity contribution in [2.24, 2.45) is 0 Å². The summed E-state index contributed by atoms with van der Waals surface area (Å²) >= 11 is 0. The van der Waals surface area contributed by atoms with Gasteiger partial charge in [-0.15, -0.1) is 0 Å². The molecule has 0 saturated heterocycles. The summed E-state index contributed by atoms with van der Waals surface area (Å²) in [5, 5.41) is 19.2. The first-order chi connectivity index (χ1) is 9.24. The SMILES string of the molecule is COc1ccc(C(=Cc2ccccc2)NO)c(O)c1. The van der Waals surface area contributed by atoms with Crippen LogP contribution in [0, 0.1) is 0 Å². The van der Waals surface area contributed by atoms with Gasteiger partial charge in [0.05, 0.1) is 12.8 Å². The van der Waals surface area contributed by atoms with Gasteiger partial charge in [0.15, 0.2) is 0 Å². The van der Waals surface area contributed by atoms with E-state index in [-0.39, 0.29) is 5.75 Å². The third kappa shape index (κ3) is 3.05. The summed E-state index contributed by atoms with van der Waals surface area (Å²) in [7, 11) is 1.53. The fourth-order valence-electron chi connectivity index (χ4n) is 1.75. The van der Waals surface area contributed by atoms with Gasteiger partial charge in [-0.2, -0.15) is 0 Å². The van der Waals surface area contributed by atoms with Crippen molar-refractivity contribution >= 4 is 11.8 Å². The largest absolute Gasteiger partial charge is 0.507 e. The molecule has 19 heavy (non-hydrogen) atoms. The zero-order valence-electron chi connectivity index (χ0n) is 10.5. The molecular formula is C15H15NO3. The minimum atomic E-state index is 0.0306. The quantitative estimate of drug-likeness (QED) is 0.582. The number of benzene rings is 2. The smallest absolute Gasteiger partial charge is 0.128 e. The van der Waals surface area contributed by atoms with Gasteiger partial charge in [0, 0.05) is 11.6 Å². The van der Waals surface area contributed by atoms with Gasteiger partial charge in [0.2, 0.25) is 0 Å². The molecule has 0 aromatic heterocycles. The molecule has 2 rings (SSSR count). The van der Waals surface area contributed by atoms with Crippen molar-refractivity contribution in [3.05, 3.63) is 59.7 Å². The maximum absolute atomic E-state index is 9.93. The van der Waals surface area contributed by atoms with E-state index < -0.39 is 0 Å². The highest BCUT2D eigenvalue weighted by atomic mass is 16.5. The van der Waals surface area contributed by atoms with Gasteiger partial charge in [0.25, 0.3) is 0 Å². The van der Waals surface area contributed by atoms with Crippen LogP contribution in [0.1, 0.15) is 11.1 Å². The highest BCUT2D eigenvalue weighted by molar-refractivity contribution is 5.82. The summed E-state index contributed by atoms with van der Waals surface area (Å²) in [4.78, 5) is 0. The Kier molecular flexibility index (Phi) is 4.05. The van der Waals surface area contributed by atoms with Crippen LogP contribution in [0.5, 0.6) is 11.5 Å². The molecule has 2 aromatic rings. The lowest BCUT2D eigenvalue weighted by molar-refractivity contribution is 0.225. The van der Waals surface area contributed by atoms with Crippen molar-refractivity contribution in [1.29, 1.82) is 0 Å². The van der Waals surface area contributed by atoms with E-state index in [0.717, 1.165) is 5.56 Å². The van der Waals surface area contributed by atoms with Crippen LogP contribution in [-0.4, -0.2) is 17.4 Å². The molecule has 2 aromatic carbocycles. The molecule has 0 atom stereocenters. The summed E-state index contributed by atoms with van der Waals surface area (Å²) in [5.41, 5.74) is 3.92. The second-order valence-electron chi connectivity index (χ2n) is 3.96. The van der Waals surface area contributed by atoms with Gasteiger partial charge in [-0.3, -0.25) is 10.7 Å². The summed E-state index contributed by atoms with van der Waals surface area (Å²) in [6, 6.07) is 14.4. The fraction of sp³-hybridized carbons (Fsp3) is 0.0667. The number of hydrogen-bond acceptors (Lipinski definition) is 4. The normalized spacial score (nSPS) is 11.2. The molecule has 98 valence electrons. The maximum Gasteiger partial charge on any atom is 0.128 e. The Bertz CT molecular complexity index is 579. The van der Waals surface area contributed by atoms with Crippen LogP contribution in [0.25, 0.3) is 11.8 Å². The van der Waals surface area contributed by atoms with Crippen LogP contribution < -0.4 is 10.2 Å². The zero-order chi connectivity index (χ0) is 13.7. The van der Waals surface area contributed by atoms with Gasteiger partial charge >= 0.3 is 0 Å². The van der Waals surface area contributed by atoms with Gasteiger partial charge in [-0.05, 0) is 23.8 Å². The first kappa shape index (κ1) is 13.0. The van der Waals surface area contributed by atoms with Gasteiger partial charge in [-0.25, -0.2) is 0 Å². The molecule has 0 bridgehead atoms. The van der Waals surface area contributed by atoms with Crippen LogP contribution in [-0.2, 0) is 0 Å². The van der Waals surface area contributed by atoms with E-state index >= 15 is 0 Å². The van der Waals surface area contributed by atoms with E-state index in [1.165, 1.54) is 13.2 Å². The predicted octanol–water partition coefficient (Wildman–Crippen LogP) is 2.88. The molecule has 3 N–H and O–H groups in total. The first-order valence-electron chi connectivity index (χ1n) is 5.79. The molecule has 0 amide bonds. The second kappa shape index (κ2) is 5.93.